The van der Waals surface area contributed by atoms with E-state index in [1.54, 1.807) is 0 Å². The maximum Gasteiger partial charge on any atom is 0.306 e. The van der Waals surface area contributed by atoms with Crippen molar-refractivity contribution in [1.29, 1.82) is 0 Å². The van der Waals surface area contributed by atoms with E-state index in [1.165, 1.54) is 18.4 Å². The number of benzene rings is 1. The summed E-state index contributed by atoms with van der Waals surface area (Å²) in [5.74, 6) is 0.719. The fraction of sp³-hybridized carbons (Fsp3) is 0.438. The van der Waals surface area contributed by atoms with Gasteiger partial charge in [-0.2, -0.15) is 0 Å². The Balaban J connectivity index is 1.64. The quantitative estimate of drug-likeness (QED) is 0.712. The lowest BCUT2D eigenvalue weighted by Crippen LogP contribution is -2.04. The van der Waals surface area contributed by atoms with Gasteiger partial charge in [0.05, 0.1) is 0 Å². The Morgan fingerprint density at radius 1 is 1.33 bits per heavy atom. The van der Waals surface area contributed by atoms with Crippen LogP contribution in [0.1, 0.15) is 36.8 Å². The van der Waals surface area contributed by atoms with E-state index in [1.807, 2.05) is 12.2 Å². The molecule has 1 fully saturated rings. The molecule has 0 saturated heterocycles. The Kier molecular flexibility index (Phi) is 4.57. The summed E-state index contributed by atoms with van der Waals surface area (Å²) in [6.45, 7) is 2.44. The van der Waals surface area contributed by atoms with Crippen LogP contribution in [0.25, 0.3) is 6.08 Å². The molecule has 0 radical (unpaired) electrons. The van der Waals surface area contributed by atoms with Gasteiger partial charge in [0.25, 0.3) is 0 Å². The molecule has 1 saturated carbocycles. The molecule has 1 aliphatic rings. The monoisotopic (exact) mass is 244 g/mol. The van der Waals surface area contributed by atoms with E-state index >= 15 is 0 Å². The lowest BCUT2D eigenvalue weighted by atomic mass is 10.1. The van der Waals surface area contributed by atoms with Gasteiger partial charge in [-0.3, -0.25) is 4.79 Å². The zero-order valence-corrected chi connectivity index (χ0v) is 10.9. The van der Waals surface area contributed by atoms with Crippen molar-refractivity contribution in [2.75, 3.05) is 6.61 Å². The number of aryl methyl sites for hydroxylation is 1. The Labute approximate surface area is 109 Å². The highest BCUT2D eigenvalue weighted by atomic mass is 16.5. The van der Waals surface area contributed by atoms with Gasteiger partial charge >= 0.3 is 5.97 Å². The van der Waals surface area contributed by atoms with Crippen molar-refractivity contribution in [3.63, 3.8) is 0 Å². The molecule has 96 valence electrons. The minimum atomic E-state index is -0.0737. The largest absolute Gasteiger partial charge is 0.461 e. The van der Waals surface area contributed by atoms with Crippen molar-refractivity contribution in [2.45, 2.75) is 32.6 Å². The van der Waals surface area contributed by atoms with Gasteiger partial charge in [-0.15, -0.1) is 0 Å². The Hall–Kier alpha value is -1.57. The van der Waals surface area contributed by atoms with Gasteiger partial charge < -0.3 is 4.74 Å². The molecular weight excluding hydrogens is 224 g/mol. The van der Waals surface area contributed by atoms with Crippen LogP contribution in [0.15, 0.2) is 30.3 Å². The second-order valence-corrected chi connectivity index (χ2v) is 4.98. The SMILES string of the molecule is Cc1ccc(/C=C/COC(=O)CCC2CC2)cc1. The van der Waals surface area contributed by atoms with Gasteiger partial charge in [0.15, 0.2) is 0 Å². The molecular formula is C16H20O2. The Morgan fingerprint density at radius 2 is 2.06 bits per heavy atom. The van der Waals surface area contributed by atoms with Gasteiger partial charge in [0.2, 0.25) is 0 Å². The molecule has 18 heavy (non-hydrogen) atoms. The number of esters is 1. The van der Waals surface area contributed by atoms with Crippen LogP contribution >= 0.6 is 0 Å². The first-order chi connectivity index (χ1) is 8.74. The summed E-state index contributed by atoms with van der Waals surface area (Å²) in [7, 11) is 0. The van der Waals surface area contributed by atoms with E-state index in [2.05, 4.69) is 31.2 Å². The highest BCUT2D eigenvalue weighted by molar-refractivity contribution is 5.69. The predicted octanol–water partition coefficient (Wildman–Crippen LogP) is 3.74. The van der Waals surface area contributed by atoms with Crippen LogP contribution in [0.5, 0.6) is 0 Å². The van der Waals surface area contributed by atoms with Crippen molar-refractivity contribution in [1.82, 2.24) is 0 Å². The summed E-state index contributed by atoms with van der Waals surface area (Å²) in [6, 6.07) is 8.25. The highest BCUT2D eigenvalue weighted by Crippen LogP contribution is 2.33. The third kappa shape index (κ3) is 4.74. The minimum Gasteiger partial charge on any atom is -0.461 e. The van der Waals surface area contributed by atoms with E-state index in [9.17, 15) is 4.79 Å². The summed E-state index contributed by atoms with van der Waals surface area (Å²) in [4.78, 5) is 11.4. The summed E-state index contributed by atoms with van der Waals surface area (Å²) in [6.07, 6.45) is 8.03. The molecule has 0 atom stereocenters. The maximum absolute atomic E-state index is 11.4. The van der Waals surface area contributed by atoms with E-state index in [0.717, 1.165) is 17.9 Å². The molecule has 0 unspecified atom stereocenters. The van der Waals surface area contributed by atoms with Crippen LogP contribution in [0.3, 0.4) is 0 Å². The van der Waals surface area contributed by atoms with E-state index in [-0.39, 0.29) is 5.97 Å². The third-order valence-corrected chi connectivity index (χ3v) is 3.18. The van der Waals surface area contributed by atoms with E-state index < -0.39 is 0 Å². The fourth-order valence-corrected chi connectivity index (χ4v) is 1.80. The molecule has 0 bridgehead atoms. The molecule has 0 spiro atoms. The van der Waals surface area contributed by atoms with Gasteiger partial charge in [-0.05, 0) is 30.9 Å². The van der Waals surface area contributed by atoms with E-state index in [0.29, 0.717) is 13.0 Å². The molecule has 2 heteroatoms. The van der Waals surface area contributed by atoms with Gasteiger partial charge in [0, 0.05) is 6.42 Å². The highest BCUT2D eigenvalue weighted by Gasteiger charge is 2.21. The Morgan fingerprint density at radius 3 is 2.72 bits per heavy atom. The molecule has 0 heterocycles. The van der Waals surface area contributed by atoms with Gasteiger partial charge in [-0.25, -0.2) is 0 Å². The molecule has 1 aromatic carbocycles. The average Bonchev–Trinajstić information content (AvgIpc) is 3.18. The van der Waals surface area contributed by atoms with Crippen LogP contribution in [-0.2, 0) is 9.53 Å². The van der Waals surface area contributed by atoms with Crippen LogP contribution in [0, 0.1) is 12.8 Å². The van der Waals surface area contributed by atoms with Gasteiger partial charge in [-0.1, -0.05) is 48.7 Å². The number of ether oxygens (including phenoxy) is 1. The summed E-state index contributed by atoms with van der Waals surface area (Å²) >= 11 is 0. The molecule has 2 rings (SSSR count). The zero-order valence-electron chi connectivity index (χ0n) is 10.9. The third-order valence-electron chi connectivity index (χ3n) is 3.18. The van der Waals surface area contributed by atoms with E-state index in [4.69, 9.17) is 4.74 Å². The number of carbonyl (C=O) groups excluding carboxylic acids is 1. The van der Waals surface area contributed by atoms with Crippen molar-refractivity contribution in [3.8, 4) is 0 Å². The van der Waals surface area contributed by atoms with Crippen LogP contribution in [0.4, 0.5) is 0 Å². The molecule has 0 aromatic heterocycles. The smallest absolute Gasteiger partial charge is 0.306 e. The summed E-state index contributed by atoms with van der Waals surface area (Å²) in [5.41, 5.74) is 2.38. The van der Waals surface area contributed by atoms with Gasteiger partial charge in [0.1, 0.15) is 6.61 Å². The average molecular weight is 244 g/mol. The molecule has 0 amide bonds. The number of rotatable bonds is 6. The normalized spacial score (nSPS) is 14.9. The second kappa shape index (κ2) is 6.39. The zero-order chi connectivity index (χ0) is 12.8. The minimum absolute atomic E-state index is 0.0737. The molecule has 1 aliphatic carbocycles. The summed E-state index contributed by atoms with van der Waals surface area (Å²) < 4.78 is 5.14. The standard InChI is InChI=1S/C16H20O2/c1-13-4-6-14(7-5-13)3-2-12-18-16(17)11-10-15-8-9-15/h2-7,15H,8-12H2,1H3/b3-2+. The van der Waals surface area contributed by atoms with Crippen molar-refractivity contribution in [2.24, 2.45) is 5.92 Å². The topological polar surface area (TPSA) is 26.3 Å². The molecule has 2 nitrogen and oxygen atoms in total. The maximum atomic E-state index is 11.4. The molecule has 0 N–H and O–H groups in total. The number of hydrogen-bond acceptors (Lipinski definition) is 2. The first kappa shape index (κ1) is 12.9. The van der Waals surface area contributed by atoms with Crippen molar-refractivity contribution >= 4 is 12.0 Å². The molecule has 1 aromatic rings. The van der Waals surface area contributed by atoms with Crippen molar-refractivity contribution in [3.05, 3.63) is 41.5 Å². The lowest BCUT2D eigenvalue weighted by Gasteiger charge is -2.00. The van der Waals surface area contributed by atoms with Crippen molar-refractivity contribution < 1.29 is 9.53 Å². The van der Waals surface area contributed by atoms with Crippen LogP contribution in [-0.4, -0.2) is 12.6 Å². The predicted molar refractivity (Wildman–Crippen MR) is 73.1 cm³/mol. The molecule has 0 aliphatic heterocycles. The number of hydrogen-bond donors (Lipinski definition) is 0. The van der Waals surface area contributed by atoms with Crippen LogP contribution < -0.4 is 0 Å². The fourth-order valence-electron chi connectivity index (χ4n) is 1.80. The first-order valence-corrected chi connectivity index (χ1v) is 6.63. The lowest BCUT2D eigenvalue weighted by molar-refractivity contribution is -0.142. The van der Waals surface area contributed by atoms with Crippen LogP contribution in [0.2, 0.25) is 0 Å². The first-order valence-electron chi connectivity index (χ1n) is 6.63. The second-order valence-electron chi connectivity index (χ2n) is 4.98. The summed E-state index contributed by atoms with van der Waals surface area (Å²) in [5, 5.41) is 0. The number of carbonyl (C=O) groups is 1. The Bertz CT molecular complexity index is 413.